The number of hydrogen-bond acceptors (Lipinski definition) is 3. The Morgan fingerprint density at radius 2 is 2.33 bits per heavy atom. The molecule has 1 saturated heterocycles. The van der Waals surface area contributed by atoms with Crippen LogP contribution in [0.5, 0.6) is 0 Å². The number of alkyl carbamates (subject to hydrolysis) is 1. The summed E-state index contributed by atoms with van der Waals surface area (Å²) in [5.41, 5.74) is -0.465. The third-order valence-corrected chi connectivity index (χ3v) is 1.93. The van der Waals surface area contributed by atoms with Gasteiger partial charge >= 0.3 is 6.09 Å². The molecule has 15 heavy (non-hydrogen) atoms. The van der Waals surface area contributed by atoms with Gasteiger partial charge in [0.2, 0.25) is 0 Å². The fourth-order valence-electron chi connectivity index (χ4n) is 1.23. The summed E-state index contributed by atoms with van der Waals surface area (Å²) >= 11 is 0. The van der Waals surface area contributed by atoms with E-state index in [0.29, 0.717) is 13.0 Å². The Kier molecular flexibility index (Phi) is 3.74. The van der Waals surface area contributed by atoms with E-state index in [2.05, 4.69) is 11.9 Å². The van der Waals surface area contributed by atoms with Gasteiger partial charge in [-0.15, -0.1) is 6.58 Å². The van der Waals surface area contributed by atoms with Gasteiger partial charge < -0.3 is 14.8 Å². The van der Waals surface area contributed by atoms with Crippen LogP contribution in [0.4, 0.5) is 4.79 Å². The van der Waals surface area contributed by atoms with Crippen LogP contribution >= 0.6 is 0 Å². The van der Waals surface area contributed by atoms with E-state index in [1.54, 1.807) is 6.08 Å². The van der Waals surface area contributed by atoms with E-state index in [0.717, 1.165) is 0 Å². The minimum absolute atomic E-state index is 0.0163. The van der Waals surface area contributed by atoms with Crippen molar-refractivity contribution in [3.05, 3.63) is 12.7 Å². The van der Waals surface area contributed by atoms with Gasteiger partial charge in [0.15, 0.2) is 0 Å². The Hall–Kier alpha value is -1.03. The zero-order valence-corrected chi connectivity index (χ0v) is 9.58. The average Bonchev–Trinajstić information content (AvgIpc) is 2.81. The summed E-state index contributed by atoms with van der Waals surface area (Å²) in [7, 11) is 0. The van der Waals surface area contributed by atoms with Crippen molar-refractivity contribution in [1.29, 1.82) is 0 Å². The molecule has 0 spiro atoms. The number of epoxide rings is 1. The van der Waals surface area contributed by atoms with Crippen molar-refractivity contribution in [2.24, 2.45) is 0 Å². The first-order valence-corrected chi connectivity index (χ1v) is 5.14. The predicted octanol–water partition coefficient (Wildman–Crippen LogP) is 1.85. The van der Waals surface area contributed by atoms with Gasteiger partial charge in [-0.2, -0.15) is 0 Å². The molecule has 0 aromatic heterocycles. The molecule has 1 fully saturated rings. The van der Waals surface area contributed by atoms with Crippen LogP contribution in [0.1, 0.15) is 27.2 Å². The highest BCUT2D eigenvalue weighted by atomic mass is 16.6. The van der Waals surface area contributed by atoms with E-state index < -0.39 is 11.7 Å². The second-order valence-electron chi connectivity index (χ2n) is 4.65. The molecule has 1 heterocycles. The summed E-state index contributed by atoms with van der Waals surface area (Å²) in [5, 5.41) is 2.78. The summed E-state index contributed by atoms with van der Waals surface area (Å²) in [6.07, 6.45) is 2.19. The SMILES string of the molecule is C=CCC(NC(=O)OC(C)(C)C)C1CO1. The Balaban J connectivity index is 2.36. The van der Waals surface area contributed by atoms with E-state index in [9.17, 15) is 4.79 Å². The summed E-state index contributed by atoms with van der Waals surface area (Å²) in [4.78, 5) is 11.5. The highest BCUT2D eigenvalue weighted by Gasteiger charge is 2.33. The lowest BCUT2D eigenvalue weighted by molar-refractivity contribution is 0.0496. The highest BCUT2D eigenvalue weighted by Crippen LogP contribution is 2.17. The number of hydrogen-bond donors (Lipinski definition) is 1. The fraction of sp³-hybridized carbons (Fsp3) is 0.727. The molecule has 0 radical (unpaired) electrons. The molecule has 0 aliphatic carbocycles. The van der Waals surface area contributed by atoms with Gasteiger partial charge in [-0.1, -0.05) is 6.08 Å². The average molecular weight is 213 g/mol. The third-order valence-electron chi connectivity index (χ3n) is 1.93. The Morgan fingerprint density at radius 3 is 2.73 bits per heavy atom. The largest absolute Gasteiger partial charge is 0.444 e. The van der Waals surface area contributed by atoms with Crippen LogP contribution < -0.4 is 5.32 Å². The van der Waals surface area contributed by atoms with Gasteiger partial charge in [0, 0.05) is 0 Å². The topological polar surface area (TPSA) is 50.9 Å². The molecule has 0 saturated carbocycles. The first-order chi connectivity index (χ1) is 6.92. The van der Waals surface area contributed by atoms with Crippen LogP contribution in [0, 0.1) is 0 Å². The summed E-state index contributed by atoms with van der Waals surface area (Å²) in [5.74, 6) is 0. The van der Waals surface area contributed by atoms with Crippen molar-refractivity contribution in [3.8, 4) is 0 Å². The zero-order valence-electron chi connectivity index (χ0n) is 9.58. The number of rotatable bonds is 4. The maximum Gasteiger partial charge on any atom is 0.407 e. The lowest BCUT2D eigenvalue weighted by atomic mass is 10.1. The fourth-order valence-corrected chi connectivity index (χ4v) is 1.23. The van der Waals surface area contributed by atoms with Gasteiger partial charge in [-0.25, -0.2) is 4.79 Å². The molecule has 2 atom stereocenters. The van der Waals surface area contributed by atoms with Gasteiger partial charge in [-0.05, 0) is 27.2 Å². The molecule has 1 rings (SSSR count). The van der Waals surface area contributed by atoms with E-state index >= 15 is 0 Å². The van der Waals surface area contributed by atoms with Crippen molar-refractivity contribution < 1.29 is 14.3 Å². The Morgan fingerprint density at radius 1 is 1.73 bits per heavy atom. The zero-order chi connectivity index (χ0) is 11.5. The third kappa shape index (κ3) is 4.83. The van der Waals surface area contributed by atoms with Crippen molar-refractivity contribution >= 4 is 6.09 Å². The van der Waals surface area contributed by atoms with Gasteiger partial charge in [0.1, 0.15) is 11.7 Å². The monoisotopic (exact) mass is 213 g/mol. The Labute approximate surface area is 90.6 Å². The molecule has 0 aromatic rings. The normalized spacial score (nSPS) is 21.7. The number of nitrogens with one attached hydrogen (secondary N) is 1. The van der Waals surface area contributed by atoms with Gasteiger partial charge in [0.05, 0.1) is 12.6 Å². The van der Waals surface area contributed by atoms with Crippen molar-refractivity contribution in [2.75, 3.05) is 6.61 Å². The van der Waals surface area contributed by atoms with Crippen LogP contribution in [-0.4, -0.2) is 30.4 Å². The highest BCUT2D eigenvalue weighted by molar-refractivity contribution is 5.68. The molecule has 1 N–H and O–H groups in total. The van der Waals surface area contributed by atoms with Crippen LogP contribution in [0.2, 0.25) is 0 Å². The number of amides is 1. The molecule has 1 amide bonds. The van der Waals surface area contributed by atoms with Gasteiger partial charge in [0.25, 0.3) is 0 Å². The van der Waals surface area contributed by atoms with Crippen LogP contribution in [0.25, 0.3) is 0 Å². The lowest BCUT2D eigenvalue weighted by Gasteiger charge is -2.22. The first-order valence-electron chi connectivity index (χ1n) is 5.14. The van der Waals surface area contributed by atoms with Crippen molar-refractivity contribution in [1.82, 2.24) is 5.32 Å². The molecule has 0 bridgehead atoms. The molecule has 2 unspecified atom stereocenters. The van der Waals surface area contributed by atoms with Crippen molar-refractivity contribution in [2.45, 2.75) is 44.9 Å². The first kappa shape index (κ1) is 12.0. The Bertz CT molecular complexity index is 241. The number of ether oxygens (including phenoxy) is 2. The predicted molar refractivity (Wildman–Crippen MR) is 57.7 cm³/mol. The summed E-state index contributed by atoms with van der Waals surface area (Å²) < 4.78 is 10.3. The molecule has 1 aliphatic heterocycles. The lowest BCUT2D eigenvalue weighted by Crippen LogP contribution is -2.41. The van der Waals surface area contributed by atoms with E-state index in [4.69, 9.17) is 9.47 Å². The standard InChI is InChI=1S/C11H19NO3/c1-5-6-8(9-7-14-9)12-10(13)15-11(2,3)4/h5,8-9H,1,6-7H2,2-4H3,(H,12,13). The molecular weight excluding hydrogens is 194 g/mol. The van der Waals surface area contributed by atoms with E-state index in [-0.39, 0.29) is 12.1 Å². The van der Waals surface area contributed by atoms with Crippen LogP contribution in [0.15, 0.2) is 12.7 Å². The molecule has 0 aromatic carbocycles. The minimum atomic E-state index is -0.465. The molecule has 86 valence electrons. The van der Waals surface area contributed by atoms with E-state index in [1.807, 2.05) is 20.8 Å². The number of carbonyl (C=O) groups excluding carboxylic acids is 1. The van der Waals surface area contributed by atoms with E-state index in [1.165, 1.54) is 0 Å². The molecule has 4 heteroatoms. The summed E-state index contributed by atoms with van der Waals surface area (Å²) in [6.45, 7) is 9.86. The quantitative estimate of drug-likeness (QED) is 0.572. The summed E-state index contributed by atoms with van der Waals surface area (Å²) in [6, 6.07) is -0.0163. The molecule has 1 aliphatic rings. The maximum absolute atomic E-state index is 11.5. The second-order valence-corrected chi connectivity index (χ2v) is 4.65. The maximum atomic E-state index is 11.5. The van der Waals surface area contributed by atoms with Crippen LogP contribution in [0.3, 0.4) is 0 Å². The van der Waals surface area contributed by atoms with Crippen LogP contribution in [-0.2, 0) is 9.47 Å². The molecular formula is C11H19NO3. The van der Waals surface area contributed by atoms with Crippen molar-refractivity contribution in [3.63, 3.8) is 0 Å². The second kappa shape index (κ2) is 4.66. The minimum Gasteiger partial charge on any atom is -0.444 e. The number of carbonyl (C=O) groups is 1. The molecule has 4 nitrogen and oxygen atoms in total. The smallest absolute Gasteiger partial charge is 0.407 e. The van der Waals surface area contributed by atoms with Gasteiger partial charge in [-0.3, -0.25) is 0 Å².